The summed E-state index contributed by atoms with van der Waals surface area (Å²) < 4.78 is 23.0. The Labute approximate surface area is 223 Å². The highest BCUT2D eigenvalue weighted by Gasteiger charge is 2.17. The maximum Gasteiger partial charge on any atom is 0.231 e. The molecule has 2 aliphatic heterocycles. The molecule has 0 amide bonds. The zero-order valence-electron chi connectivity index (χ0n) is 21.5. The van der Waals surface area contributed by atoms with E-state index in [4.69, 9.17) is 9.47 Å². The largest absolute Gasteiger partial charge is 0.454 e. The standard InChI is InChI=1S/C18H28O3S.C13H10S/c1-3-4-5-6-7-8-11-22(19)15(2)12-16-9-10-17-18(13-16)21-14-20-17;1-3-7-12-10(5-1)9-11-6-2-4-8-13(11)14-12/h9-10,13,15H,3-8,11-12,14H2,1-2H3;1-8H,9H2. The predicted octanol–water partition coefficient (Wildman–Crippen LogP) is 8.20. The van der Waals surface area contributed by atoms with Crippen molar-refractivity contribution in [2.45, 2.75) is 80.3 Å². The molecular formula is C31H38O3S2. The van der Waals surface area contributed by atoms with Gasteiger partial charge in [-0.1, -0.05) is 100 Å². The first-order valence-electron chi connectivity index (χ1n) is 13.2. The van der Waals surface area contributed by atoms with Gasteiger partial charge in [-0.25, -0.2) is 0 Å². The van der Waals surface area contributed by atoms with Gasteiger partial charge in [0.25, 0.3) is 0 Å². The van der Waals surface area contributed by atoms with Gasteiger partial charge in [0.1, 0.15) is 0 Å². The lowest BCUT2D eigenvalue weighted by Crippen LogP contribution is -2.16. The smallest absolute Gasteiger partial charge is 0.231 e. The fourth-order valence-corrected chi connectivity index (χ4v) is 6.88. The molecule has 192 valence electrons. The molecular weight excluding hydrogens is 484 g/mol. The van der Waals surface area contributed by atoms with E-state index in [1.54, 1.807) is 0 Å². The average molecular weight is 523 g/mol. The van der Waals surface area contributed by atoms with E-state index in [1.165, 1.54) is 58.6 Å². The number of fused-ring (bicyclic) bond motifs is 3. The predicted molar refractivity (Wildman–Crippen MR) is 152 cm³/mol. The Balaban J connectivity index is 0.000000185. The summed E-state index contributed by atoms with van der Waals surface area (Å²) in [4.78, 5) is 2.82. The Bertz CT molecular complexity index is 1060. The first-order valence-corrected chi connectivity index (χ1v) is 15.4. The van der Waals surface area contributed by atoms with Crippen molar-refractivity contribution in [3.63, 3.8) is 0 Å². The van der Waals surface area contributed by atoms with Gasteiger partial charge >= 0.3 is 0 Å². The molecule has 0 fully saturated rings. The quantitative estimate of drug-likeness (QED) is 0.197. The molecule has 0 aromatic heterocycles. The zero-order valence-corrected chi connectivity index (χ0v) is 23.2. The van der Waals surface area contributed by atoms with E-state index in [0.717, 1.165) is 36.5 Å². The average Bonchev–Trinajstić information content (AvgIpc) is 3.37. The first-order chi connectivity index (χ1) is 17.6. The second-order valence-corrected chi connectivity index (χ2v) is 12.6. The van der Waals surface area contributed by atoms with Crippen LogP contribution in [0.4, 0.5) is 0 Å². The highest BCUT2D eigenvalue weighted by molar-refractivity contribution is 7.99. The Morgan fingerprint density at radius 3 is 2.19 bits per heavy atom. The summed E-state index contributed by atoms with van der Waals surface area (Å²) in [6.07, 6.45) is 9.41. The maximum atomic E-state index is 12.3. The van der Waals surface area contributed by atoms with E-state index in [1.807, 2.05) is 30.0 Å². The molecule has 0 saturated carbocycles. The number of rotatable bonds is 10. The van der Waals surface area contributed by atoms with Gasteiger partial charge < -0.3 is 9.47 Å². The van der Waals surface area contributed by atoms with Gasteiger partial charge in [-0.3, -0.25) is 4.21 Å². The van der Waals surface area contributed by atoms with Crippen LogP contribution in [0.1, 0.15) is 69.1 Å². The Kier molecular flexibility index (Phi) is 10.4. The van der Waals surface area contributed by atoms with Crippen LogP contribution in [0.3, 0.4) is 0 Å². The molecule has 36 heavy (non-hydrogen) atoms. The molecule has 0 aliphatic carbocycles. The van der Waals surface area contributed by atoms with Gasteiger partial charge in [0, 0.05) is 31.6 Å². The van der Waals surface area contributed by atoms with Crippen molar-refractivity contribution in [3.05, 3.63) is 83.4 Å². The second-order valence-electron chi connectivity index (χ2n) is 9.55. The molecule has 5 rings (SSSR count). The van der Waals surface area contributed by atoms with E-state index >= 15 is 0 Å². The number of hydrogen-bond donors (Lipinski definition) is 0. The monoisotopic (exact) mass is 522 g/mol. The fourth-order valence-electron chi connectivity index (χ4n) is 4.54. The molecule has 3 nitrogen and oxygen atoms in total. The van der Waals surface area contributed by atoms with Crippen LogP contribution < -0.4 is 9.47 Å². The molecule has 5 heteroatoms. The molecule has 0 spiro atoms. The normalized spacial score (nSPS) is 14.7. The summed E-state index contributed by atoms with van der Waals surface area (Å²) in [6.45, 7) is 4.61. The maximum absolute atomic E-state index is 12.3. The third-order valence-electron chi connectivity index (χ3n) is 6.65. The molecule has 3 aromatic rings. The lowest BCUT2D eigenvalue weighted by molar-refractivity contribution is 0.174. The minimum absolute atomic E-state index is 0.191. The third-order valence-corrected chi connectivity index (χ3v) is 9.65. The van der Waals surface area contributed by atoms with Crippen molar-refractivity contribution in [2.75, 3.05) is 12.5 Å². The van der Waals surface area contributed by atoms with Crippen LogP contribution in [0.5, 0.6) is 11.5 Å². The lowest BCUT2D eigenvalue weighted by atomic mass is 10.0. The van der Waals surface area contributed by atoms with Crippen molar-refractivity contribution in [1.29, 1.82) is 0 Å². The van der Waals surface area contributed by atoms with Crippen LogP contribution in [-0.4, -0.2) is 22.0 Å². The van der Waals surface area contributed by atoms with Crippen LogP contribution in [0, 0.1) is 0 Å². The second kappa shape index (κ2) is 13.9. The molecule has 0 bridgehead atoms. The summed E-state index contributed by atoms with van der Waals surface area (Å²) in [6, 6.07) is 23.3. The fraction of sp³-hybridized carbons (Fsp3) is 0.419. The zero-order chi connectivity index (χ0) is 25.2. The summed E-state index contributed by atoms with van der Waals surface area (Å²) in [5.41, 5.74) is 4.08. The van der Waals surface area contributed by atoms with Crippen LogP contribution >= 0.6 is 11.8 Å². The number of unbranched alkanes of at least 4 members (excludes halogenated alkanes) is 5. The number of hydrogen-bond acceptors (Lipinski definition) is 4. The van der Waals surface area contributed by atoms with Gasteiger partial charge in [-0.05, 0) is 60.2 Å². The van der Waals surface area contributed by atoms with Crippen molar-refractivity contribution in [1.82, 2.24) is 0 Å². The minimum atomic E-state index is -0.743. The van der Waals surface area contributed by atoms with Gasteiger partial charge in [0.05, 0.1) is 0 Å². The Hall–Kier alpha value is -2.24. The third kappa shape index (κ3) is 7.63. The SMILES string of the molecule is CCCCCCCCS(=O)C(C)Cc1ccc2c(c1)OCO2.c1ccc2c(c1)Cc1ccccc1S2. The Morgan fingerprint density at radius 1 is 0.833 bits per heavy atom. The molecule has 3 aromatic carbocycles. The number of ether oxygens (including phenoxy) is 2. The highest BCUT2D eigenvalue weighted by Crippen LogP contribution is 2.39. The topological polar surface area (TPSA) is 35.5 Å². The molecule has 0 N–H and O–H groups in total. The molecule has 0 radical (unpaired) electrons. The van der Waals surface area contributed by atoms with Crippen molar-refractivity contribution >= 4 is 22.6 Å². The van der Waals surface area contributed by atoms with Crippen LogP contribution in [-0.2, 0) is 23.6 Å². The molecule has 2 aliphatic rings. The van der Waals surface area contributed by atoms with Crippen LogP contribution in [0.2, 0.25) is 0 Å². The minimum Gasteiger partial charge on any atom is -0.454 e. The molecule has 2 atom stereocenters. The van der Waals surface area contributed by atoms with E-state index in [2.05, 4.69) is 62.4 Å². The van der Waals surface area contributed by atoms with Crippen LogP contribution in [0.15, 0.2) is 76.5 Å². The summed E-state index contributed by atoms with van der Waals surface area (Å²) >= 11 is 1.88. The summed E-state index contributed by atoms with van der Waals surface area (Å²) in [5.74, 6) is 2.45. The van der Waals surface area contributed by atoms with Crippen molar-refractivity contribution in [3.8, 4) is 11.5 Å². The molecule has 2 heterocycles. The lowest BCUT2D eigenvalue weighted by Gasteiger charge is -2.17. The van der Waals surface area contributed by atoms with E-state index in [0.29, 0.717) is 6.79 Å². The van der Waals surface area contributed by atoms with Gasteiger partial charge in [0.15, 0.2) is 11.5 Å². The van der Waals surface area contributed by atoms with Gasteiger partial charge in [-0.2, -0.15) is 0 Å². The molecule has 0 saturated heterocycles. The summed E-state index contributed by atoms with van der Waals surface area (Å²) in [5, 5.41) is 0.191. The van der Waals surface area contributed by atoms with Crippen molar-refractivity contribution in [2.24, 2.45) is 0 Å². The van der Waals surface area contributed by atoms with Gasteiger partial charge in [-0.15, -0.1) is 0 Å². The highest BCUT2D eigenvalue weighted by atomic mass is 32.2. The van der Waals surface area contributed by atoms with E-state index in [9.17, 15) is 4.21 Å². The van der Waals surface area contributed by atoms with Crippen molar-refractivity contribution < 1.29 is 13.7 Å². The molecule has 2 unspecified atom stereocenters. The number of benzene rings is 3. The van der Waals surface area contributed by atoms with Gasteiger partial charge in [0.2, 0.25) is 6.79 Å². The Morgan fingerprint density at radius 2 is 1.47 bits per heavy atom. The first kappa shape index (κ1) is 26.8. The van der Waals surface area contributed by atoms with Crippen LogP contribution in [0.25, 0.3) is 0 Å². The van der Waals surface area contributed by atoms with E-state index < -0.39 is 10.8 Å². The summed E-state index contributed by atoms with van der Waals surface area (Å²) in [7, 11) is -0.743. The van der Waals surface area contributed by atoms with E-state index in [-0.39, 0.29) is 5.25 Å².